The molecule has 0 bridgehead atoms. The van der Waals surface area contributed by atoms with E-state index >= 15 is 4.39 Å². The van der Waals surface area contributed by atoms with Gasteiger partial charge in [0, 0.05) is 47.4 Å². The van der Waals surface area contributed by atoms with Gasteiger partial charge in [-0.15, -0.1) is 0 Å². The van der Waals surface area contributed by atoms with Crippen LogP contribution in [0.5, 0.6) is 5.75 Å². The highest BCUT2D eigenvalue weighted by molar-refractivity contribution is 6.00. The molecule has 9 heteroatoms. The van der Waals surface area contributed by atoms with Crippen LogP contribution in [0, 0.1) is 17.6 Å². The van der Waals surface area contributed by atoms with Gasteiger partial charge in [-0.05, 0) is 68.2 Å². The van der Waals surface area contributed by atoms with Crippen LogP contribution in [-0.4, -0.2) is 46.2 Å². The third-order valence-corrected chi connectivity index (χ3v) is 8.17. The number of methoxy groups -OCH3 is 1. The number of nitrogens with one attached hydrogen (secondary N) is 1. The molecular formula is C28H29F2N3O4. The first-order valence-corrected chi connectivity index (χ1v) is 12.8. The van der Waals surface area contributed by atoms with Gasteiger partial charge < -0.3 is 19.1 Å². The monoisotopic (exact) mass is 509 g/mol. The van der Waals surface area contributed by atoms with Crippen LogP contribution in [0.15, 0.2) is 30.5 Å². The fourth-order valence-corrected chi connectivity index (χ4v) is 6.33. The Balaban J connectivity index is 1.66. The summed E-state index contributed by atoms with van der Waals surface area (Å²) in [6, 6.07) is 6.66. The van der Waals surface area contributed by atoms with Crippen molar-refractivity contribution in [3.63, 3.8) is 0 Å². The van der Waals surface area contributed by atoms with Crippen molar-refractivity contribution in [2.24, 2.45) is 5.92 Å². The van der Waals surface area contributed by atoms with E-state index in [2.05, 4.69) is 14.8 Å². The zero-order valence-electron chi connectivity index (χ0n) is 20.6. The van der Waals surface area contributed by atoms with E-state index in [1.807, 2.05) is 6.07 Å². The minimum absolute atomic E-state index is 0.00871. The molecular weight excluding hydrogens is 480 g/mol. The maximum atomic E-state index is 16.3. The highest BCUT2D eigenvalue weighted by atomic mass is 19.1. The summed E-state index contributed by atoms with van der Waals surface area (Å²) in [6.45, 7) is 1.22. The molecule has 2 N–H and O–H groups in total. The summed E-state index contributed by atoms with van der Waals surface area (Å²) >= 11 is 0. The van der Waals surface area contributed by atoms with Crippen molar-refractivity contribution >= 4 is 27.8 Å². The van der Waals surface area contributed by atoms with Crippen molar-refractivity contribution in [1.29, 1.82) is 0 Å². The fourth-order valence-electron chi connectivity index (χ4n) is 6.33. The summed E-state index contributed by atoms with van der Waals surface area (Å²) < 4.78 is 43.7. The molecule has 0 radical (unpaired) electrons. The van der Waals surface area contributed by atoms with E-state index in [0.717, 1.165) is 24.1 Å². The average Bonchev–Trinajstić information content (AvgIpc) is 3.53. The zero-order chi connectivity index (χ0) is 25.7. The van der Waals surface area contributed by atoms with Crippen molar-refractivity contribution < 1.29 is 28.2 Å². The van der Waals surface area contributed by atoms with Gasteiger partial charge in [0.05, 0.1) is 24.7 Å². The summed E-state index contributed by atoms with van der Waals surface area (Å²) in [5.41, 5.74) is 3.67. The van der Waals surface area contributed by atoms with Gasteiger partial charge in [-0.1, -0.05) is 0 Å². The minimum Gasteiger partial charge on any atom is -0.494 e. The molecule has 1 aliphatic heterocycles. The number of hydrogen-bond acceptors (Lipinski definition) is 4. The lowest BCUT2D eigenvalue weighted by molar-refractivity contribution is -0.142. The summed E-state index contributed by atoms with van der Waals surface area (Å²) in [4.78, 5) is 11.6. The van der Waals surface area contributed by atoms with Gasteiger partial charge in [0.2, 0.25) is 0 Å². The maximum absolute atomic E-state index is 16.3. The van der Waals surface area contributed by atoms with Gasteiger partial charge >= 0.3 is 5.97 Å². The lowest BCUT2D eigenvalue weighted by Gasteiger charge is -2.31. The number of aromatic nitrogens is 3. The molecule has 6 rings (SSSR count). The number of nitrogens with zero attached hydrogens (tertiary/aromatic N) is 2. The summed E-state index contributed by atoms with van der Waals surface area (Å²) in [5.74, 6) is -1.73. The highest BCUT2D eigenvalue weighted by Crippen LogP contribution is 2.48. The van der Waals surface area contributed by atoms with Crippen LogP contribution in [0.3, 0.4) is 0 Å². The normalized spacial score (nSPS) is 21.1. The van der Waals surface area contributed by atoms with Crippen molar-refractivity contribution in [3.8, 4) is 11.4 Å². The second-order valence-corrected chi connectivity index (χ2v) is 10.1. The fraction of sp³-hybridized carbons (Fsp3) is 0.429. The number of fused-ring (bicyclic) bond motifs is 2. The highest BCUT2D eigenvalue weighted by Gasteiger charge is 2.36. The molecule has 0 spiro atoms. The lowest BCUT2D eigenvalue weighted by Crippen LogP contribution is -2.23. The van der Waals surface area contributed by atoms with Gasteiger partial charge in [0.1, 0.15) is 5.52 Å². The molecule has 194 valence electrons. The number of carboxylic acids is 1. The molecule has 4 aromatic rings. The minimum atomic E-state index is -0.769. The Hall–Kier alpha value is -3.46. The molecule has 2 aromatic heterocycles. The van der Waals surface area contributed by atoms with Crippen LogP contribution in [0.25, 0.3) is 27.5 Å². The smallest absolute Gasteiger partial charge is 0.306 e. The number of halogens is 2. The molecule has 3 heterocycles. The number of carboxylic acid groups (broad SMARTS) is 1. The number of benzene rings is 2. The molecule has 2 aliphatic rings. The Kier molecular flexibility index (Phi) is 6.10. The van der Waals surface area contributed by atoms with Crippen LogP contribution in [0.2, 0.25) is 0 Å². The Morgan fingerprint density at radius 1 is 1.11 bits per heavy atom. The molecule has 37 heavy (non-hydrogen) atoms. The third kappa shape index (κ3) is 3.96. The van der Waals surface area contributed by atoms with E-state index in [1.165, 1.54) is 13.2 Å². The number of aromatic amines is 1. The quantitative estimate of drug-likeness (QED) is 0.342. The Bertz CT molecular complexity index is 1480. The molecule has 0 amide bonds. The van der Waals surface area contributed by atoms with Gasteiger partial charge in [-0.2, -0.15) is 5.10 Å². The number of H-pyrrole nitrogens is 1. The van der Waals surface area contributed by atoms with Crippen molar-refractivity contribution in [1.82, 2.24) is 14.8 Å². The number of carbonyl (C=O) groups is 1. The van der Waals surface area contributed by atoms with E-state index in [-0.39, 0.29) is 29.3 Å². The zero-order valence-corrected chi connectivity index (χ0v) is 20.6. The Morgan fingerprint density at radius 2 is 1.86 bits per heavy atom. The first kappa shape index (κ1) is 23.9. The SMILES string of the molecule is COc1cc(-n2c(C3CCOCC3)c([C@H]3CC[C@H](C(=O)O)CC3)c3c(F)c4[nH]ncc4cc32)ccc1F. The number of aliphatic carboxylic acids is 1. The first-order valence-electron chi connectivity index (χ1n) is 12.8. The second-order valence-electron chi connectivity index (χ2n) is 10.1. The Morgan fingerprint density at radius 3 is 2.57 bits per heavy atom. The van der Waals surface area contributed by atoms with E-state index in [0.29, 0.717) is 66.4 Å². The van der Waals surface area contributed by atoms with Crippen LogP contribution in [-0.2, 0) is 9.53 Å². The van der Waals surface area contributed by atoms with Gasteiger partial charge in [0.15, 0.2) is 17.4 Å². The molecule has 1 saturated heterocycles. The van der Waals surface area contributed by atoms with Crippen molar-refractivity contribution in [2.75, 3.05) is 20.3 Å². The first-order chi connectivity index (χ1) is 18.0. The molecule has 7 nitrogen and oxygen atoms in total. The predicted octanol–water partition coefficient (Wildman–Crippen LogP) is 6.05. The van der Waals surface area contributed by atoms with E-state index in [9.17, 15) is 14.3 Å². The number of rotatable bonds is 5. The number of ether oxygens (including phenoxy) is 2. The maximum Gasteiger partial charge on any atom is 0.306 e. The molecule has 2 aromatic carbocycles. The van der Waals surface area contributed by atoms with Crippen molar-refractivity contribution in [3.05, 3.63) is 53.4 Å². The molecule has 1 saturated carbocycles. The predicted molar refractivity (Wildman–Crippen MR) is 135 cm³/mol. The Labute approximate surface area is 212 Å². The van der Waals surface area contributed by atoms with Crippen LogP contribution < -0.4 is 4.74 Å². The van der Waals surface area contributed by atoms with Crippen molar-refractivity contribution in [2.45, 2.75) is 50.4 Å². The standard InChI is InChI=1S/C28H29F2N3O4/c1-36-22-13-19(6-7-20(22)29)33-21-12-18-14-31-32-26(18)25(30)24(21)23(27(33)16-8-10-37-11-9-16)15-2-4-17(5-3-15)28(34)35/h6-7,12-17H,2-5,8-11H2,1H3,(H,31,32)(H,34,35)/t15-,17-. The van der Waals surface area contributed by atoms with E-state index < -0.39 is 11.8 Å². The van der Waals surface area contributed by atoms with Crippen LogP contribution >= 0.6 is 0 Å². The van der Waals surface area contributed by atoms with Gasteiger partial charge in [0.25, 0.3) is 0 Å². The lowest BCUT2D eigenvalue weighted by atomic mass is 9.76. The van der Waals surface area contributed by atoms with E-state index in [4.69, 9.17) is 9.47 Å². The van der Waals surface area contributed by atoms with Gasteiger partial charge in [-0.3, -0.25) is 9.89 Å². The summed E-state index contributed by atoms with van der Waals surface area (Å²) in [6.07, 6.45) is 5.61. The number of hydrogen-bond donors (Lipinski definition) is 2. The topological polar surface area (TPSA) is 89.4 Å². The third-order valence-electron chi connectivity index (χ3n) is 8.17. The summed E-state index contributed by atoms with van der Waals surface area (Å²) in [5, 5.41) is 17.6. The van der Waals surface area contributed by atoms with E-state index in [1.54, 1.807) is 18.3 Å². The molecule has 0 atom stereocenters. The summed E-state index contributed by atoms with van der Waals surface area (Å²) in [7, 11) is 1.43. The average molecular weight is 510 g/mol. The largest absolute Gasteiger partial charge is 0.494 e. The molecule has 0 unspecified atom stereocenters. The van der Waals surface area contributed by atoms with Crippen LogP contribution in [0.1, 0.15) is 61.6 Å². The molecule has 1 aliphatic carbocycles. The van der Waals surface area contributed by atoms with Gasteiger partial charge in [-0.25, -0.2) is 8.78 Å². The second kappa shape index (κ2) is 9.45. The van der Waals surface area contributed by atoms with Crippen LogP contribution in [0.4, 0.5) is 8.78 Å². The molecule has 2 fully saturated rings.